The molecule has 2 rings (SSSR count). The molecule has 2 nitrogen and oxygen atoms in total. The molecule has 1 unspecified atom stereocenters. The van der Waals surface area contributed by atoms with Crippen LogP contribution in [0.4, 0.5) is 0 Å². The molecule has 0 fully saturated rings. The molecule has 96 valence electrons. The number of aliphatic hydroxyl groups is 1. The topological polar surface area (TPSA) is 33.1 Å². The quantitative estimate of drug-likeness (QED) is 0.922. The summed E-state index contributed by atoms with van der Waals surface area (Å²) in [5.41, 5.74) is 3.01. The average Bonchev–Trinajstić information content (AvgIpc) is 2.62. The van der Waals surface area contributed by atoms with Gasteiger partial charge in [-0.15, -0.1) is 11.3 Å². The van der Waals surface area contributed by atoms with E-state index in [0.29, 0.717) is 11.4 Å². The van der Waals surface area contributed by atoms with Crippen LogP contribution in [-0.2, 0) is 6.42 Å². The van der Waals surface area contributed by atoms with E-state index in [9.17, 15) is 5.11 Å². The number of aromatic nitrogens is 1. The van der Waals surface area contributed by atoms with Gasteiger partial charge in [0, 0.05) is 11.4 Å². The van der Waals surface area contributed by atoms with Crippen LogP contribution in [0.25, 0.3) is 0 Å². The predicted octanol–water partition coefficient (Wildman–Crippen LogP) is 4.00. The van der Waals surface area contributed by atoms with Crippen molar-refractivity contribution in [1.82, 2.24) is 4.98 Å². The van der Waals surface area contributed by atoms with E-state index in [4.69, 9.17) is 11.6 Å². The van der Waals surface area contributed by atoms with E-state index >= 15 is 0 Å². The Hall–Kier alpha value is -0.900. The number of aliphatic hydroxyl groups excluding tert-OH is 1. The van der Waals surface area contributed by atoms with Crippen molar-refractivity contribution in [2.45, 2.75) is 33.3 Å². The van der Waals surface area contributed by atoms with Crippen LogP contribution in [0, 0.1) is 20.8 Å². The number of thiazole rings is 1. The summed E-state index contributed by atoms with van der Waals surface area (Å²) in [7, 11) is 0. The number of rotatable bonds is 3. The summed E-state index contributed by atoms with van der Waals surface area (Å²) >= 11 is 7.73. The Kier molecular flexibility index (Phi) is 4.05. The molecule has 2 aromatic rings. The van der Waals surface area contributed by atoms with Gasteiger partial charge in [-0.05, 0) is 38.0 Å². The minimum absolute atomic E-state index is 0.529. The van der Waals surface area contributed by atoms with Crippen LogP contribution < -0.4 is 0 Å². The van der Waals surface area contributed by atoms with E-state index < -0.39 is 6.10 Å². The third-order valence-corrected chi connectivity index (χ3v) is 4.39. The molecule has 4 heteroatoms. The summed E-state index contributed by atoms with van der Waals surface area (Å²) in [5, 5.41) is 12.0. The van der Waals surface area contributed by atoms with E-state index in [2.05, 4.69) is 4.98 Å². The van der Waals surface area contributed by atoms with Gasteiger partial charge >= 0.3 is 0 Å². The molecular weight excluding hydrogens is 266 g/mol. The lowest BCUT2D eigenvalue weighted by molar-refractivity contribution is 0.181. The van der Waals surface area contributed by atoms with Gasteiger partial charge in [-0.2, -0.15) is 0 Å². The van der Waals surface area contributed by atoms with Gasteiger partial charge in [-0.25, -0.2) is 4.98 Å². The molecule has 18 heavy (non-hydrogen) atoms. The summed E-state index contributed by atoms with van der Waals surface area (Å²) in [6.45, 7) is 5.88. The highest BCUT2D eigenvalue weighted by atomic mass is 35.5. The first-order valence-corrected chi connectivity index (χ1v) is 7.04. The molecule has 0 saturated heterocycles. The SMILES string of the molecule is Cc1ccc(CC(O)c2sc(C)nc2C)c(Cl)c1. The summed E-state index contributed by atoms with van der Waals surface area (Å²) in [6, 6.07) is 5.91. The largest absolute Gasteiger partial charge is 0.387 e. The molecule has 1 aromatic heterocycles. The number of nitrogens with zero attached hydrogens (tertiary/aromatic N) is 1. The number of benzene rings is 1. The Morgan fingerprint density at radius 1 is 1.33 bits per heavy atom. The molecule has 1 aromatic carbocycles. The standard InChI is InChI=1S/C14H16ClNOS/c1-8-4-5-11(12(15)6-8)7-13(17)14-9(2)16-10(3)18-14/h4-6,13,17H,7H2,1-3H3. The molecule has 0 aliphatic carbocycles. The fourth-order valence-electron chi connectivity index (χ4n) is 1.98. The van der Waals surface area contributed by atoms with Crippen molar-refractivity contribution in [3.63, 3.8) is 0 Å². The smallest absolute Gasteiger partial charge is 0.0941 e. The maximum Gasteiger partial charge on any atom is 0.0941 e. The van der Waals surface area contributed by atoms with Crippen molar-refractivity contribution in [3.8, 4) is 0 Å². The molecule has 0 aliphatic rings. The van der Waals surface area contributed by atoms with E-state index in [1.165, 1.54) is 0 Å². The van der Waals surface area contributed by atoms with Gasteiger partial charge in [-0.3, -0.25) is 0 Å². The molecule has 1 heterocycles. The van der Waals surface area contributed by atoms with Crippen molar-refractivity contribution in [2.75, 3.05) is 0 Å². The van der Waals surface area contributed by atoms with Crippen molar-refractivity contribution < 1.29 is 5.11 Å². The third-order valence-electron chi connectivity index (χ3n) is 2.86. The Morgan fingerprint density at radius 3 is 2.61 bits per heavy atom. The van der Waals surface area contributed by atoms with E-state index in [-0.39, 0.29) is 0 Å². The average molecular weight is 282 g/mol. The summed E-state index contributed by atoms with van der Waals surface area (Å²) in [4.78, 5) is 5.27. The monoisotopic (exact) mass is 281 g/mol. The Balaban J connectivity index is 2.21. The zero-order chi connectivity index (χ0) is 13.3. The normalized spacial score (nSPS) is 12.7. The maximum absolute atomic E-state index is 10.3. The first-order chi connectivity index (χ1) is 8.47. The Bertz CT molecular complexity index is 565. The van der Waals surface area contributed by atoms with Crippen molar-refractivity contribution in [3.05, 3.63) is 49.9 Å². The molecule has 0 aliphatic heterocycles. The molecule has 0 amide bonds. The van der Waals surface area contributed by atoms with Crippen LogP contribution >= 0.6 is 22.9 Å². The molecule has 0 radical (unpaired) electrons. The molecule has 0 spiro atoms. The maximum atomic E-state index is 10.3. The number of halogens is 1. The second-order valence-corrected chi connectivity index (χ2v) is 6.14. The van der Waals surface area contributed by atoms with Gasteiger partial charge in [0.1, 0.15) is 0 Å². The molecule has 0 saturated carbocycles. The first-order valence-electron chi connectivity index (χ1n) is 5.84. The molecule has 1 N–H and O–H groups in total. The Labute approximate surface area is 116 Å². The summed E-state index contributed by atoms with van der Waals surface area (Å²) in [6.07, 6.45) is -0.00175. The van der Waals surface area contributed by atoms with Gasteiger partial charge in [-0.1, -0.05) is 23.7 Å². The van der Waals surface area contributed by atoms with Crippen LogP contribution in [0.15, 0.2) is 18.2 Å². The second kappa shape index (κ2) is 5.39. The van der Waals surface area contributed by atoms with Crippen LogP contribution in [0.2, 0.25) is 5.02 Å². The highest BCUT2D eigenvalue weighted by Gasteiger charge is 2.16. The number of hydrogen-bond acceptors (Lipinski definition) is 3. The van der Waals surface area contributed by atoms with Crippen molar-refractivity contribution in [2.24, 2.45) is 0 Å². The van der Waals surface area contributed by atoms with Gasteiger partial charge in [0.25, 0.3) is 0 Å². The number of hydrogen-bond donors (Lipinski definition) is 1. The van der Waals surface area contributed by atoms with Gasteiger partial charge < -0.3 is 5.11 Å². The highest BCUT2D eigenvalue weighted by molar-refractivity contribution is 7.11. The first kappa shape index (κ1) is 13.5. The lowest BCUT2D eigenvalue weighted by Gasteiger charge is -2.11. The Morgan fingerprint density at radius 2 is 2.06 bits per heavy atom. The van der Waals surface area contributed by atoms with E-state index in [1.54, 1.807) is 11.3 Å². The zero-order valence-corrected chi connectivity index (χ0v) is 12.3. The van der Waals surface area contributed by atoms with Gasteiger partial charge in [0.15, 0.2) is 0 Å². The molecule has 0 bridgehead atoms. The summed E-state index contributed by atoms with van der Waals surface area (Å²) in [5.74, 6) is 0. The zero-order valence-electron chi connectivity index (χ0n) is 10.7. The van der Waals surface area contributed by atoms with Gasteiger partial charge in [0.2, 0.25) is 0 Å². The number of aryl methyl sites for hydroxylation is 3. The second-order valence-electron chi connectivity index (χ2n) is 4.50. The van der Waals surface area contributed by atoms with Crippen LogP contribution in [0.5, 0.6) is 0 Å². The lowest BCUT2D eigenvalue weighted by atomic mass is 10.0. The van der Waals surface area contributed by atoms with E-state index in [1.807, 2.05) is 39.0 Å². The summed E-state index contributed by atoms with van der Waals surface area (Å²) < 4.78 is 0. The van der Waals surface area contributed by atoms with Crippen LogP contribution in [0.3, 0.4) is 0 Å². The van der Waals surface area contributed by atoms with Crippen molar-refractivity contribution >= 4 is 22.9 Å². The molecule has 1 atom stereocenters. The minimum Gasteiger partial charge on any atom is -0.387 e. The van der Waals surface area contributed by atoms with Gasteiger partial charge in [0.05, 0.1) is 21.7 Å². The minimum atomic E-state index is -0.531. The highest BCUT2D eigenvalue weighted by Crippen LogP contribution is 2.29. The molecular formula is C14H16ClNOS. The fourth-order valence-corrected chi connectivity index (χ4v) is 3.20. The van der Waals surface area contributed by atoms with Crippen LogP contribution in [-0.4, -0.2) is 10.1 Å². The lowest BCUT2D eigenvalue weighted by Crippen LogP contribution is -2.02. The predicted molar refractivity (Wildman–Crippen MR) is 76.4 cm³/mol. The van der Waals surface area contributed by atoms with Crippen LogP contribution in [0.1, 0.15) is 32.8 Å². The van der Waals surface area contributed by atoms with Crippen molar-refractivity contribution in [1.29, 1.82) is 0 Å². The van der Waals surface area contributed by atoms with E-state index in [0.717, 1.165) is 26.7 Å². The third kappa shape index (κ3) is 2.91. The fraction of sp³-hybridized carbons (Fsp3) is 0.357.